The third kappa shape index (κ3) is 4.12. The van der Waals surface area contributed by atoms with Crippen LogP contribution in [0, 0.1) is 34.4 Å². The summed E-state index contributed by atoms with van der Waals surface area (Å²) in [7, 11) is 1.89. The number of carbonyl (C=O) groups is 1. The molecule has 2 saturated carbocycles. The molecule has 0 radical (unpaired) electrons. The van der Waals surface area contributed by atoms with Crippen molar-refractivity contribution in [3.05, 3.63) is 41.4 Å². The van der Waals surface area contributed by atoms with E-state index in [4.69, 9.17) is 0 Å². The molecular weight excluding hydrogens is 451 g/mol. The van der Waals surface area contributed by atoms with Gasteiger partial charge in [0.05, 0.1) is 17.3 Å². The van der Waals surface area contributed by atoms with Crippen molar-refractivity contribution in [1.82, 2.24) is 4.57 Å². The van der Waals surface area contributed by atoms with Crippen LogP contribution in [0.3, 0.4) is 0 Å². The smallest absolute Gasteiger partial charge is 0.224 e. The Labute approximate surface area is 215 Å². The Morgan fingerprint density at radius 1 is 1.17 bits per heavy atom. The van der Waals surface area contributed by atoms with E-state index < -0.39 is 0 Å². The van der Waals surface area contributed by atoms with E-state index >= 15 is 0 Å². The fraction of sp³-hybridized carbons (Fsp3) is 0.645. The fourth-order valence-electron chi connectivity index (χ4n) is 8.49. The maximum Gasteiger partial charge on any atom is 0.224 e. The summed E-state index contributed by atoms with van der Waals surface area (Å²) in [4.78, 5) is 12.7. The van der Waals surface area contributed by atoms with Gasteiger partial charge in [-0.3, -0.25) is 4.79 Å². The topological polar surface area (TPSA) is 54.3 Å². The second-order valence-electron chi connectivity index (χ2n) is 12.8. The number of hydrogen-bond acceptors (Lipinski definition) is 2. The van der Waals surface area contributed by atoms with Crippen LogP contribution in [0.15, 0.2) is 35.5 Å². The summed E-state index contributed by atoms with van der Waals surface area (Å²) in [6.45, 7) is 9.36. The fourth-order valence-corrected chi connectivity index (χ4v) is 8.49. The van der Waals surface area contributed by atoms with Crippen molar-refractivity contribution in [1.29, 1.82) is 0 Å². The summed E-state index contributed by atoms with van der Waals surface area (Å²) >= 11 is 0. The first kappa shape index (κ1) is 25.5. The zero-order chi connectivity index (χ0) is 25.8. The number of amides is 1. The van der Waals surface area contributed by atoms with Crippen LogP contribution in [-0.2, 0) is 11.8 Å². The van der Waals surface area contributed by atoms with Gasteiger partial charge in [0.25, 0.3) is 0 Å². The number of aryl methyl sites for hydroxylation is 1. The van der Waals surface area contributed by atoms with Gasteiger partial charge in [0.1, 0.15) is 0 Å². The summed E-state index contributed by atoms with van der Waals surface area (Å²) in [5, 5.41) is 14.1. The minimum absolute atomic E-state index is 0.0233. The molecule has 5 heteroatoms. The number of aliphatic hydroxyl groups is 1. The van der Waals surface area contributed by atoms with Crippen molar-refractivity contribution < 1.29 is 14.3 Å². The number of hydrogen-bond donors (Lipinski definition) is 2. The predicted molar refractivity (Wildman–Crippen MR) is 144 cm³/mol. The number of aromatic nitrogens is 1. The third-order valence-corrected chi connectivity index (χ3v) is 10.6. The van der Waals surface area contributed by atoms with E-state index in [-0.39, 0.29) is 34.3 Å². The van der Waals surface area contributed by atoms with Crippen molar-refractivity contribution in [3.8, 4) is 0 Å². The molecule has 0 bridgehead atoms. The van der Waals surface area contributed by atoms with Crippen LogP contribution in [0.4, 0.5) is 10.1 Å². The largest absolute Gasteiger partial charge is 0.393 e. The number of anilines is 1. The Morgan fingerprint density at radius 2 is 1.94 bits per heavy atom. The molecule has 5 rings (SSSR count). The summed E-state index contributed by atoms with van der Waals surface area (Å²) in [5.41, 5.74) is 4.45. The molecule has 0 aliphatic heterocycles. The highest BCUT2D eigenvalue weighted by atomic mass is 19.1. The monoisotopic (exact) mass is 494 g/mol. The average molecular weight is 495 g/mol. The van der Waals surface area contributed by atoms with E-state index in [1.807, 2.05) is 23.9 Å². The first-order chi connectivity index (χ1) is 17.0. The molecule has 1 heterocycles. The van der Waals surface area contributed by atoms with Crippen LogP contribution in [0.25, 0.3) is 10.9 Å². The summed E-state index contributed by atoms with van der Waals surface area (Å²) in [6.07, 6.45) is 10.6. The summed E-state index contributed by atoms with van der Waals surface area (Å²) in [5.74, 6) is 1.36. The quantitative estimate of drug-likeness (QED) is 0.427. The molecule has 4 nitrogen and oxygen atoms in total. The molecule has 2 aromatic rings. The number of fused-ring (bicyclic) bond motifs is 4. The lowest BCUT2D eigenvalue weighted by atomic mass is 9.43. The van der Waals surface area contributed by atoms with Gasteiger partial charge in [0.15, 0.2) is 5.82 Å². The minimum atomic E-state index is -0.361. The Hall–Kier alpha value is -2.14. The molecule has 5 atom stereocenters. The van der Waals surface area contributed by atoms with Crippen LogP contribution in [0.5, 0.6) is 0 Å². The highest BCUT2D eigenvalue weighted by molar-refractivity contribution is 5.94. The lowest BCUT2D eigenvalue weighted by Gasteiger charge is -2.62. The molecule has 0 unspecified atom stereocenters. The molecule has 1 aromatic heterocycles. The molecule has 0 saturated heterocycles. The zero-order valence-electron chi connectivity index (χ0n) is 22.7. The number of nitrogens with one attached hydrogen (secondary N) is 1. The van der Waals surface area contributed by atoms with E-state index in [2.05, 4.69) is 33.0 Å². The van der Waals surface area contributed by atoms with Gasteiger partial charge in [0.2, 0.25) is 5.91 Å². The lowest BCUT2D eigenvalue weighted by Crippen LogP contribution is -2.56. The van der Waals surface area contributed by atoms with Gasteiger partial charge >= 0.3 is 0 Å². The molecule has 3 aliphatic carbocycles. The highest BCUT2D eigenvalue weighted by Gasteiger charge is 2.58. The molecule has 2 fully saturated rings. The highest BCUT2D eigenvalue weighted by Crippen LogP contribution is 2.64. The van der Waals surface area contributed by atoms with Crippen molar-refractivity contribution in [2.24, 2.45) is 35.6 Å². The molecule has 1 amide bonds. The Morgan fingerprint density at radius 3 is 2.72 bits per heavy atom. The van der Waals surface area contributed by atoms with Crippen LogP contribution >= 0.6 is 0 Å². The average Bonchev–Trinajstić information content (AvgIpc) is 3.21. The molecule has 3 aliphatic rings. The maximum atomic E-state index is 14.9. The number of rotatable bonds is 5. The van der Waals surface area contributed by atoms with Crippen molar-refractivity contribution in [2.45, 2.75) is 91.6 Å². The summed E-state index contributed by atoms with van der Waals surface area (Å²) < 4.78 is 16.8. The van der Waals surface area contributed by atoms with E-state index in [0.717, 1.165) is 37.6 Å². The number of halogens is 1. The molecular formula is C31H43FN2O2. The van der Waals surface area contributed by atoms with Gasteiger partial charge in [-0.05, 0) is 105 Å². The van der Waals surface area contributed by atoms with Crippen LogP contribution in [0.1, 0.15) is 85.5 Å². The second-order valence-corrected chi connectivity index (χ2v) is 12.8. The lowest BCUT2D eigenvalue weighted by molar-refractivity contribution is -0.149. The van der Waals surface area contributed by atoms with E-state index in [9.17, 15) is 14.3 Å². The zero-order valence-corrected chi connectivity index (χ0v) is 22.7. The second kappa shape index (κ2) is 9.31. The third-order valence-electron chi connectivity index (χ3n) is 10.6. The van der Waals surface area contributed by atoms with Gasteiger partial charge in [-0.2, -0.15) is 0 Å². The van der Waals surface area contributed by atoms with Crippen molar-refractivity contribution in [2.75, 3.05) is 5.32 Å². The molecule has 196 valence electrons. The van der Waals surface area contributed by atoms with Gasteiger partial charge in [-0.1, -0.05) is 31.9 Å². The van der Waals surface area contributed by atoms with Gasteiger partial charge in [-0.15, -0.1) is 0 Å². The Balaban J connectivity index is 1.23. The number of benzene rings is 1. The molecule has 2 N–H and O–H groups in total. The standard InChI is InChI=1S/C31H43FN2O2/c1-19-9-11-23-21(10-14-26-30(2,3)27(35)15-17-31(23,26)4)20(19)7-6-8-28(36)33-24-12-13-25-22(29(24)32)16-18-34(25)5/h12-13,16,18,21,23,26-27,35H,6-11,14-15,17H2,1-5H3,(H,33,36)/t21-,23-,26-,27-,31+/m0/s1. The predicted octanol–water partition coefficient (Wildman–Crippen LogP) is 7.37. The number of aliphatic hydroxyl groups excluding tert-OH is 1. The van der Waals surface area contributed by atoms with E-state index in [1.165, 1.54) is 24.8 Å². The number of carbonyl (C=O) groups excluding carboxylic acids is 1. The van der Waals surface area contributed by atoms with E-state index in [1.54, 1.807) is 17.7 Å². The normalized spacial score (nSPS) is 31.8. The molecule has 1 aromatic carbocycles. The van der Waals surface area contributed by atoms with E-state index in [0.29, 0.717) is 29.6 Å². The van der Waals surface area contributed by atoms with Crippen LogP contribution in [-0.4, -0.2) is 21.7 Å². The van der Waals surface area contributed by atoms with Gasteiger partial charge in [-0.25, -0.2) is 4.39 Å². The first-order valence-corrected chi connectivity index (χ1v) is 13.9. The van der Waals surface area contributed by atoms with Gasteiger partial charge < -0.3 is 15.0 Å². The van der Waals surface area contributed by atoms with Crippen molar-refractivity contribution >= 4 is 22.5 Å². The van der Waals surface area contributed by atoms with Crippen LogP contribution in [0.2, 0.25) is 0 Å². The number of nitrogens with zero attached hydrogens (tertiary/aromatic N) is 1. The SMILES string of the molecule is CC1=C(CCCC(=O)Nc2ccc3c(ccn3C)c2F)[C@@H]2CC[C@H]3C(C)(C)[C@@H](O)CC[C@]3(C)[C@H]2CC1. The minimum Gasteiger partial charge on any atom is -0.393 e. The first-order valence-electron chi connectivity index (χ1n) is 13.9. The maximum absolute atomic E-state index is 14.9. The molecule has 0 spiro atoms. The van der Waals surface area contributed by atoms with Gasteiger partial charge in [0, 0.05) is 25.1 Å². The Kier molecular flexibility index (Phi) is 6.60. The summed E-state index contributed by atoms with van der Waals surface area (Å²) in [6, 6.07) is 5.26. The van der Waals surface area contributed by atoms with Crippen LogP contribution < -0.4 is 5.32 Å². The molecule has 36 heavy (non-hydrogen) atoms. The van der Waals surface area contributed by atoms with Crippen molar-refractivity contribution in [3.63, 3.8) is 0 Å². The Bertz CT molecular complexity index is 1190. The number of allylic oxidation sites excluding steroid dienone is 2.